The fourth-order valence-electron chi connectivity index (χ4n) is 2.65. The van der Waals surface area contributed by atoms with E-state index in [9.17, 15) is 9.59 Å². The van der Waals surface area contributed by atoms with E-state index in [-0.39, 0.29) is 11.9 Å². The fourth-order valence-corrected chi connectivity index (χ4v) is 3.71. The third-order valence-electron chi connectivity index (χ3n) is 3.80. The monoisotopic (exact) mass is 684 g/mol. The molecule has 2 rings (SSSR count). The molecule has 0 amide bonds. The average Bonchev–Trinajstić information content (AvgIpc) is 2.71. The molecule has 5 nitrogen and oxygen atoms in total. The molecule has 0 heterocycles. The number of carbonyl (C=O) groups is 2. The first-order chi connectivity index (χ1) is 16.1. The Morgan fingerprint density at radius 1 is 0.886 bits per heavy atom. The summed E-state index contributed by atoms with van der Waals surface area (Å²) in [6.07, 6.45) is 0. The summed E-state index contributed by atoms with van der Waals surface area (Å²) in [6.45, 7) is 5.51. The van der Waals surface area contributed by atoms with Crippen molar-refractivity contribution in [1.82, 2.24) is 0 Å². The molecule has 14 heteroatoms. The predicted octanol–water partition coefficient (Wildman–Crippen LogP) is 8.81. The first-order valence-electron chi connectivity index (χ1n) is 9.16. The van der Waals surface area contributed by atoms with Crippen molar-refractivity contribution in [2.75, 3.05) is 14.2 Å². The number of ether oxygens (including phenoxy) is 2. The molecule has 0 aromatic heterocycles. The number of hydrogen-bond donors (Lipinski definition) is 1. The second-order valence-corrected chi connectivity index (χ2v) is 11.4. The maximum absolute atomic E-state index is 11.4. The molecule has 0 aliphatic rings. The van der Waals surface area contributed by atoms with E-state index in [4.69, 9.17) is 74.3 Å². The number of nitrogens with zero attached hydrogens (tertiary/aromatic N) is 1. The van der Waals surface area contributed by atoms with Gasteiger partial charge in [-0.2, -0.15) is 0 Å². The summed E-state index contributed by atoms with van der Waals surface area (Å²) in [5, 5.41) is 1.85. The molecular weight excluding hydrogens is 666 g/mol. The van der Waals surface area contributed by atoms with Gasteiger partial charge >= 0.3 is 36.7 Å². The third kappa shape index (κ3) is 16.3. The SMILES string of the molecule is COC(=O)c1c(C)cc(Cl)cc1C.COC(=O)c1c(C)cc(Cl)cc1CBr.ClC(Cl)(Cl)Cl.[B]=NS. The van der Waals surface area contributed by atoms with Gasteiger partial charge in [-0.25, -0.2) is 9.59 Å². The Morgan fingerprint density at radius 3 is 1.49 bits per heavy atom. The summed E-state index contributed by atoms with van der Waals surface area (Å²) >= 11 is 37.5. The second-order valence-electron chi connectivity index (χ2n) is 6.33. The van der Waals surface area contributed by atoms with Crippen LogP contribution in [0.3, 0.4) is 0 Å². The van der Waals surface area contributed by atoms with Gasteiger partial charge < -0.3 is 9.47 Å². The molecule has 0 atom stereocenters. The Morgan fingerprint density at radius 2 is 1.17 bits per heavy atom. The van der Waals surface area contributed by atoms with Crippen LogP contribution >= 0.6 is 98.4 Å². The zero-order valence-corrected chi connectivity index (χ0v) is 26.3. The first-order valence-corrected chi connectivity index (χ1v) is 12.9. The number of alkyl halides is 5. The number of esters is 2. The van der Waals surface area contributed by atoms with Gasteiger partial charge in [0.05, 0.1) is 25.3 Å². The molecule has 35 heavy (non-hydrogen) atoms. The van der Waals surface area contributed by atoms with Gasteiger partial charge in [0.1, 0.15) is 0 Å². The molecule has 0 fully saturated rings. The fraction of sp³-hybridized carbons (Fsp3) is 0.333. The second kappa shape index (κ2) is 19.0. The Hall–Kier alpha value is -0.185. The molecule has 0 aliphatic heterocycles. The summed E-state index contributed by atoms with van der Waals surface area (Å²) in [5.74, 6) is -0.639. The number of thiol groups is 1. The van der Waals surface area contributed by atoms with E-state index in [0.717, 1.165) is 22.3 Å². The number of rotatable bonds is 3. The Labute approximate surface area is 250 Å². The van der Waals surface area contributed by atoms with Gasteiger partial charge in [0, 0.05) is 15.4 Å². The van der Waals surface area contributed by atoms with Crippen molar-refractivity contribution in [3.63, 3.8) is 0 Å². The molecule has 0 N–H and O–H groups in total. The molecule has 2 aromatic rings. The van der Waals surface area contributed by atoms with Gasteiger partial charge in [-0.05, 0) is 67.3 Å². The normalized spacial score (nSPS) is 9.71. The number of aryl methyl sites for hydroxylation is 3. The average molecular weight is 688 g/mol. The summed E-state index contributed by atoms with van der Waals surface area (Å²) in [4.78, 5) is 22.7. The van der Waals surface area contributed by atoms with E-state index in [2.05, 4.69) is 45.4 Å². The number of carbonyl (C=O) groups excluding carboxylic acids is 2. The molecule has 2 aromatic carbocycles. The van der Waals surface area contributed by atoms with Crippen molar-refractivity contribution in [2.24, 2.45) is 4.30 Å². The molecule has 0 saturated heterocycles. The van der Waals surface area contributed by atoms with Crippen LogP contribution in [0, 0.1) is 20.8 Å². The van der Waals surface area contributed by atoms with E-state index in [1.165, 1.54) is 14.2 Å². The van der Waals surface area contributed by atoms with Crippen LogP contribution in [-0.4, -0.2) is 37.0 Å². The number of halogens is 7. The van der Waals surface area contributed by atoms with Crippen LogP contribution in [0.2, 0.25) is 10.0 Å². The zero-order chi connectivity index (χ0) is 27.9. The topological polar surface area (TPSA) is 65.0 Å². The van der Waals surface area contributed by atoms with Crippen LogP contribution in [0.4, 0.5) is 0 Å². The molecule has 0 bridgehead atoms. The summed E-state index contributed by atoms with van der Waals surface area (Å²) in [5.41, 5.74) is 4.56. The Kier molecular flexibility index (Phi) is 20.0. The van der Waals surface area contributed by atoms with Gasteiger partial charge in [0.25, 0.3) is 3.25 Å². The number of methoxy groups -OCH3 is 2. The zero-order valence-electron chi connectivity index (χ0n) is 19.3. The van der Waals surface area contributed by atoms with Gasteiger partial charge in [0.2, 0.25) is 0 Å². The van der Waals surface area contributed by atoms with Crippen LogP contribution in [0.15, 0.2) is 28.6 Å². The molecule has 0 spiro atoms. The van der Waals surface area contributed by atoms with Crippen molar-refractivity contribution < 1.29 is 19.1 Å². The van der Waals surface area contributed by atoms with Crippen LogP contribution in [0.1, 0.15) is 43.0 Å². The van der Waals surface area contributed by atoms with Crippen LogP contribution < -0.4 is 0 Å². The van der Waals surface area contributed by atoms with Crippen LogP contribution in [0.5, 0.6) is 0 Å². The van der Waals surface area contributed by atoms with Gasteiger partial charge in [-0.3, -0.25) is 0 Å². The van der Waals surface area contributed by atoms with E-state index in [1.807, 2.05) is 20.8 Å². The van der Waals surface area contributed by atoms with E-state index < -0.39 is 3.25 Å². The molecule has 0 unspecified atom stereocenters. The van der Waals surface area contributed by atoms with Gasteiger partial charge in [0.15, 0.2) is 0 Å². The summed E-state index contributed by atoms with van der Waals surface area (Å²) in [6, 6.07) is 7.01. The quantitative estimate of drug-likeness (QED) is 0.152. The van der Waals surface area contributed by atoms with Gasteiger partial charge in [-0.1, -0.05) is 85.5 Å². The third-order valence-corrected chi connectivity index (χ3v) is 4.84. The Bertz CT molecular complexity index is 980. The molecular formula is C21H22BBrCl6NO4S. The van der Waals surface area contributed by atoms with Crippen LogP contribution in [-0.2, 0) is 14.8 Å². The Balaban J connectivity index is 0. The van der Waals surface area contributed by atoms with Crippen molar-refractivity contribution >= 4 is 118 Å². The van der Waals surface area contributed by atoms with Crippen molar-refractivity contribution in [3.8, 4) is 0 Å². The summed E-state index contributed by atoms with van der Waals surface area (Å²) < 4.78 is 10.4. The molecule has 1 radical (unpaired) electrons. The van der Waals surface area contributed by atoms with Gasteiger partial charge in [-0.15, -0.1) is 0 Å². The molecule has 0 aliphatic carbocycles. The number of benzene rings is 2. The minimum absolute atomic E-state index is 0.313. The van der Waals surface area contributed by atoms with E-state index in [0.29, 0.717) is 26.5 Å². The number of hydrogen-bond acceptors (Lipinski definition) is 6. The van der Waals surface area contributed by atoms with Crippen molar-refractivity contribution in [2.45, 2.75) is 29.4 Å². The first kappa shape index (κ1) is 37.0. The van der Waals surface area contributed by atoms with Crippen molar-refractivity contribution in [3.05, 3.63) is 67.7 Å². The molecule has 0 saturated carbocycles. The standard InChI is InChI=1S/C10H10BrClO2.C10H11ClO2.CCl4.BHNS/c1-6-3-8(12)4-7(5-11)9(6)10(13)14-2;1-6-4-8(11)5-7(2)9(6)10(12)13-3;2-1(3,4)5;1-2-3/h3-4H,5H2,1-2H3;4-5H,1-3H3;;3H. The predicted molar refractivity (Wildman–Crippen MR) is 156 cm³/mol. The summed E-state index contributed by atoms with van der Waals surface area (Å²) in [7, 11) is 7.08. The van der Waals surface area contributed by atoms with E-state index >= 15 is 0 Å². The van der Waals surface area contributed by atoms with Crippen LogP contribution in [0.25, 0.3) is 0 Å². The minimum atomic E-state index is -1.61. The molecule has 193 valence electrons. The maximum atomic E-state index is 11.4. The van der Waals surface area contributed by atoms with Crippen molar-refractivity contribution in [1.29, 1.82) is 0 Å². The van der Waals surface area contributed by atoms with E-state index in [1.54, 1.807) is 24.3 Å².